The number of amides is 2. The molecule has 0 unspecified atom stereocenters. The van der Waals surface area contributed by atoms with E-state index in [-0.39, 0.29) is 11.8 Å². The van der Waals surface area contributed by atoms with E-state index in [2.05, 4.69) is 21.2 Å². The van der Waals surface area contributed by atoms with Crippen molar-refractivity contribution >= 4 is 39.1 Å². The molecule has 130 valence electrons. The molecule has 0 spiro atoms. The summed E-state index contributed by atoms with van der Waals surface area (Å²) >= 11 is 3.36. The van der Waals surface area contributed by atoms with Crippen molar-refractivity contribution in [3.8, 4) is 5.75 Å². The number of fused-ring (bicyclic) bond motifs is 1. The molecule has 2 amide bonds. The number of carbonyl (C=O) groups is 2. The second kappa shape index (κ2) is 6.52. The highest BCUT2D eigenvalue weighted by Gasteiger charge is 2.36. The quantitative estimate of drug-likeness (QED) is 0.822. The summed E-state index contributed by atoms with van der Waals surface area (Å²) in [4.78, 5) is 26.6. The van der Waals surface area contributed by atoms with Crippen LogP contribution in [-0.4, -0.2) is 25.5 Å². The van der Waals surface area contributed by atoms with Gasteiger partial charge in [0.15, 0.2) is 0 Å². The first-order valence-corrected chi connectivity index (χ1v) is 8.69. The van der Waals surface area contributed by atoms with Crippen LogP contribution in [0, 0.1) is 5.41 Å². The maximum absolute atomic E-state index is 12.6. The molecule has 0 atom stereocenters. The lowest BCUT2D eigenvalue weighted by Crippen LogP contribution is -2.39. The molecular formula is C19H19BrN2O3. The van der Waals surface area contributed by atoms with Crippen LogP contribution in [0.1, 0.15) is 24.2 Å². The van der Waals surface area contributed by atoms with Crippen LogP contribution in [0.5, 0.6) is 5.75 Å². The molecule has 0 radical (unpaired) electrons. The molecule has 0 fully saturated rings. The van der Waals surface area contributed by atoms with E-state index in [4.69, 9.17) is 4.74 Å². The van der Waals surface area contributed by atoms with Gasteiger partial charge in [-0.05, 0) is 50.2 Å². The fourth-order valence-corrected chi connectivity index (χ4v) is 3.09. The Hall–Kier alpha value is -2.34. The Kier molecular flexibility index (Phi) is 4.56. The molecule has 1 aliphatic heterocycles. The number of carbonyl (C=O) groups excluding carboxylic acids is 2. The number of nitrogens with one attached hydrogen (secondary N) is 1. The van der Waals surface area contributed by atoms with Crippen LogP contribution < -0.4 is 15.0 Å². The minimum absolute atomic E-state index is 0.0262. The Bertz CT molecular complexity index is 848. The molecule has 0 saturated heterocycles. The molecule has 1 aliphatic rings. The summed E-state index contributed by atoms with van der Waals surface area (Å²) in [5.74, 6) is 0.383. The maximum atomic E-state index is 12.6. The van der Waals surface area contributed by atoms with E-state index in [1.807, 2.05) is 19.9 Å². The molecule has 2 aromatic rings. The maximum Gasteiger partial charge on any atom is 0.255 e. The average Bonchev–Trinajstić information content (AvgIpc) is 2.66. The zero-order valence-corrected chi connectivity index (χ0v) is 15.9. The third kappa shape index (κ3) is 3.54. The summed E-state index contributed by atoms with van der Waals surface area (Å²) in [5, 5.41) is 2.86. The van der Waals surface area contributed by atoms with Crippen molar-refractivity contribution in [2.45, 2.75) is 13.8 Å². The number of hydrogen-bond acceptors (Lipinski definition) is 3. The van der Waals surface area contributed by atoms with Crippen LogP contribution in [0.3, 0.4) is 0 Å². The van der Waals surface area contributed by atoms with Gasteiger partial charge in [-0.2, -0.15) is 0 Å². The molecule has 2 aromatic carbocycles. The summed E-state index contributed by atoms with van der Waals surface area (Å²) in [7, 11) is 1.72. The van der Waals surface area contributed by atoms with E-state index in [1.54, 1.807) is 48.3 Å². The zero-order valence-electron chi connectivity index (χ0n) is 14.3. The first-order valence-electron chi connectivity index (χ1n) is 7.90. The van der Waals surface area contributed by atoms with Gasteiger partial charge in [-0.15, -0.1) is 0 Å². The summed E-state index contributed by atoms with van der Waals surface area (Å²) in [5.41, 5.74) is 1.19. The Balaban J connectivity index is 1.88. The molecule has 0 bridgehead atoms. The number of benzene rings is 2. The SMILES string of the molecule is CN1C(=O)C(C)(C)COc2ccc(NC(=O)c3cccc(Br)c3)cc21. The number of rotatable bonds is 2. The second-order valence-corrected chi connectivity index (χ2v) is 7.60. The summed E-state index contributed by atoms with van der Waals surface area (Å²) < 4.78 is 6.62. The van der Waals surface area contributed by atoms with Gasteiger partial charge in [-0.3, -0.25) is 9.59 Å². The van der Waals surface area contributed by atoms with E-state index >= 15 is 0 Å². The van der Waals surface area contributed by atoms with E-state index in [1.165, 1.54) is 0 Å². The van der Waals surface area contributed by atoms with Crippen molar-refractivity contribution in [3.05, 3.63) is 52.5 Å². The summed E-state index contributed by atoms with van der Waals surface area (Å²) in [6.45, 7) is 4.02. The van der Waals surface area contributed by atoms with Crippen LogP contribution in [0.2, 0.25) is 0 Å². The topological polar surface area (TPSA) is 58.6 Å². The fourth-order valence-electron chi connectivity index (χ4n) is 2.70. The van der Waals surface area contributed by atoms with Gasteiger partial charge < -0.3 is 15.0 Å². The highest BCUT2D eigenvalue weighted by atomic mass is 79.9. The van der Waals surface area contributed by atoms with Crippen LogP contribution in [0.4, 0.5) is 11.4 Å². The average molecular weight is 403 g/mol. The molecule has 3 rings (SSSR count). The highest BCUT2D eigenvalue weighted by molar-refractivity contribution is 9.10. The predicted octanol–water partition coefficient (Wildman–Crippen LogP) is 4.08. The number of hydrogen-bond donors (Lipinski definition) is 1. The summed E-state index contributed by atoms with van der Waals surface area (Å²) in [6, 6.07) is 12.5. The van der Waals surface area contributed by atoms with Crippen molar-refractivity contribution in [2.24, 2.45) is 5.41 Å². The minimum atomic E-state index is -0.604. The smallest absolute Gasteiger partial charge is 0.255 e. The number of ether oxygens (including phenoxy) is 1. The van der Waals surface area contributed by atoms with Crippen molar-refractivity contribution < 1.29 is 14.3 Å². The lowest BCUT2D eigenvalue weighted by molar-refractivity contribution is -0.127. The van der Waals surface area contributed by atoms with Gasteiger partial charge in [0, 0.05) is 22.8 Å². The van der Waals surface area contributed by atoms with Crippen LogP contribution in [0.25, 0.3) is 0 Å². The Morgan fingerprint density at radius 3 is 2.72 bits per heavy atom. The largest absolute Gasteiger partial charge is 0.490 e. The molecule has 6 heteroatoms. The highest BCUT2D eigenvalue weighted by Crippen LogP contribution is 2.37. The van der Waals surface area contributed by atoms with E-state index in [0.717, 1.165) is 4.47 Å². The van der Waals surface area contributed by atoms with E-state index < -0.39 is 5.41 Å². The van der Waals surface area contributed by atoms with Gasteiger partial charge in [0.05, 0.1) is 11.1 Å². The molecule has 0 aromatic heterocycles. The van der Waals surface area contributed by atoms with Gasteiger partial charge in [0.1, 0.15) is 12.4 Å². The molecule has 1 heterocycles. The fraction of sp³-hybridized carbons (Fsp3) is 0.263. The van der Waals surface area contributed by atoms with Gasteiger partial charge in [-0.25, -0.2) is 0 Å². The monoisotopic (exact) mass is 402 g/mol. The third-order valence-corrected chi connectivity index (χ3v) is 4.63. The van der Waals surface area contributed by atoms with Gasteiger partial charge in [0.25, 0.3) is 5.91 Å². The standard InChI is InChI=1S/C19H19BrN2O3/c1-19(2)11-25-16-8-7-14(10-15(16)22(3)18(19)24)21-17(23)12-5-4-6-13(20)9-12/h4-10H,11H2,1-3H3,(H,21,23). The lowest BCUT2D eigenvalue weighted by atomic mass is 9.93. The number of nitrogens with zero attached hydrogens (tertiary/aromatic N) is 1. The molecular weight excluding hydrogens is 384 g/mol. The Morgan fingerprint density at radius 1 is 1.24 bits per heavy atom. The number of anilines is 2. The molecule has 1 N–H and O–H groups in total. The van der Waals surface area contributed by atoms with Crippen LogP contribution >= 0.6 is 15.9 Å². The summed E-state index contributed by atoms with van der Waals surface area (Å²) in [6.07, 6.45) is 0. The normalized spacial score (nSPS) is 15.8. The first kappa shape index (κ1) is 17.5. The van der Waals surface area contributed by atoms with Gasteiger partial charge in [0.2, 0.25) is 5.91 Å². The van der Waals surface area contributed by atoms with Crippen molar-refractivity contribution in [1.82, 2.24) is 0 Å². The molecule has 0 aliphatic carbocycles. The van der Waals surface area contributed by atoms with Crippen molar-refractivity contribution in [3.63, 3.8) is 0 Å². The Morgan fingerprint density at radius 2 is 2.00 bits per heavy atom. The number of halogens is 1. The molecule has 25 heavy (non-hydrogen) atoms. The van der Waals surface area contributed by atoms with Crippen molar-refractivity contribution in [1.29, 1.82) is 0 Å². The van der Waals surface area contributed by atoms with Crippen molar-refractivity contribution in [2.75, 3.05) is 23.9 Å². The van der Waals surface area contributed by atoms with Gasteiger partial charge >= 0.3 is 0 Å². The molecule has 0 saturated carbocycles. The second-order valence-electron chi connectivity index (χ2n) is 6.68. The lowest BCUT2D eigenvalue weighted by Gasteiger charge is -2.24. The van der Waals surface area contributed by atoms with Crippen LogP contribution in [-0.2, 0) is 4.79 Å². The van der Waals surface area contributed by atoms with Gasteiger partial charge in [-0.1, -0.05) is 22.0 Å². The van der Waals surface area contributed by atoms with E-state index in [9.17, 15) is 9.59 Å². The first-order chi connectivity index (χ1) is 11.8. The molecule has 5 nitrogen and oxygen atoms in total. The predicted molar refractivity (Wildman–Crippen MR) is 101 cm³/mol. The van der Waals surface area contributed by atoms with Crippen LogP contribution in [0.15, 0.2) is 46.9 Å². The van der Waals surface area contributed by atoms with E-state index in [0.29, 0.717) is 29.3 Å². The minimum Gasteiger partial charge on any atom is -0.490 e. The Labute approximate surface area is 155 Å². The zero-order chi connectivity index (χ0) is 18.2. The third-order valence-electron chi connectivity index (χ3n) is 4.14.